The molecule has 2 rings (SSSR count). The van der Waals surface area contributed by atoms with E-state index < -0.39 is 6.36 Å². The Labute approximate surface area is 153 Å². The van der Waals surface area contributed by atoms with Gasteiger partial charge in [-0.2, -0.15) is 5.26 Å². The van der Waals surface area contributed by atoms with E-state index in [9.17, 15) is 18.0 Å². The Morgan fingerprint density at radius 1 is 1.23 bits per heavy atom. The summed E-state index contributed by atoms with van der Waals surface area (Å²) in [4.78, 5) is 13.7. The minimum atomic E-state index is -4.76. The second-order valence-corrected chi connectivity index (χ2v) is 5.77. The standard InChI is InChI=1S/C18H14ClF3N2O2/c1-2-17(25)24(15-8-13(10-23)7-14(19)9-15)11-12-3-5-16(6-4-12)26-18(20,21)22/h3-9H,2,11H2,1H3. The summed E-state index contributed by atoms with van der Waals surface area (Å²) in [5, 5.41) is 9.37. The molecule has 0 heterocycles. The summed E-state index contributed by atoms with van der Waals surface area (Å²) in [7, 11) is 0. The normalized spacial score (nSPS) is 10.9. The summed E-state index contributed by atoms with van der Waals surface area (Å²) >= 11 is 5.99. The fraction of sp³-hybridized carbons (Fsp3) is 0.222. The minimum absolute atomic E-state index is 0.115. The van der Waals surface area contributed by atoms with Crippen molar-refractivity contribution in [2.24, 2.45) is 0 Å². The van der Waals surface area contributed by atoms with Crippen LogP contribution in [-0.4, -0.2) is 12.3 Å². The van der Waals surface area contributed by atoms with Gasteiger partial charge in [-0.25, -0.2) is 0 Å². The van der Waals surface area contributed by atoms with Gasteiger partial charge in [0.25, 0.3) is 0 Å². The topological polar surface area (TPSA) is 53.3 Å². The zero-order chi connectivity index (χ0) is 19.3. The van der Waals surface area contributed by atoms with E-state index in [0.717, 1.165) is 0 Å². The van der Waals surface area contributed by atoms with Crippen molar-refractivity contribution in [1.82, 2.24) is 0 Å². The molecule has 0 atom stereocenters. The maximum absolute atomic E-state index is 12.3. The predicted octanol–water partition coefficient (Wildman–Crippen LogP) is 5.05. The molecule has 0 aliphatic carbocycles. The molecule has 0 spiro atoms. The van der Waals surface area contributed by atoms with Gasteiger partial charge in [0.1, 0.15) is 5.75 Å². The Morgan fingerprint density at radius 3 is 2.42 bits per heavy atom. The van der Waals surface area contributed by atoms with E-state index in [1.807, 2.05) is 6.07 Å². The number of hydrogen-bond donors (Lipinski definition) is 0. The molecule has 8 heteroatoms. The van der Waals surface area contributed by atoms with Gasteiger partial charge in [-0.3, -0.25) is 4.79 Å². The Kier molecular flexibility index (Phi) is 6.11. The third-order valence-electron chi connectivity index (χ3n) is 3.42. The van der Waals surface area contributed by atoms with Gasteiger partial charge < -0.3 is 9.64 Å². The first-order chi connectivity index (χ1) is 12.2. The summed E-state index contributed by atoms with van der Waals surface area (Å²) < 4.78 is 40.5. The molecule has 26 heavy (non-hydrogen) atoms. The van der Waals surface area contributed by atoms with Crippen LogP contribution < -0.4 is 9.64 Å². The van der Waals surface area contributed by atoms with Crippen molar-refractivity contribution in [3.8, 4) is 11.8 Å². The Balaban J connectivity index is 2.28. The Morgan fingerprint density at radius 2 is 1.88 bits per heavy atom. The first kappa shape index (κ1) is 19.6. The SMILES string of the molecule is CCC(=O)N(Cc1ccc(OC(F)(F)F)cc1)c1cc(Cl)cc(C#N)c1. The molecule has 0 unspecified atom stereocenters. The van der Waals surface area contributed by atoms with Crippen LogP contribution in [0, 0.1) is 11.3 Å². The van der Waals surface area contributed by atoms with Crippen molar-refractivity contribution in [3.63, 3.8) is 0 Å². The van der Waals surface area contributed by atoms with Gasteiger partial charge >= 0.3 is 6.36 Å². The van der Waals surface area contributed by atoms with Crippen LogP contribution in [0.3, 0.4) is 0 Å². The van der Waals surface area contributed by atoms with E-state index in [1.165, 1.54) is 41.3 Å². The lowest BCUT2D eigenvalue weighted by Gasteiger charge is -2.23. The molecule has 2 aromatic rings. The summed E-state index contributed by atoms with van der Waals surface area (Å²) in [6.45, 7) is 1.80. The molecule has 4 nitrogen and oxygen atoms in total. The second-order valence-electron chi connectivity index (χ2n) is 5.34. The lowest BCUT2D eigenvalue weighted by molar-refractivity contribution is -0.274. The van der Waals surface area contributed by atoms with Crippen LogP contribution in [-0.2, 0) is 11.3 Å². The molecule has 0 aliphatic heterocycles. The highest BCUT2D eigenvalue weighted by atomic mass is 35.5. The first-order valence-electron chi connectivity index (χ1n) is 7.57. The van der Waals surface area contributed by atoms with Gasteiger partial charge in [0.15, 0.2) is 0 Å². The maximum Gasteiger partial charge on any atom is 0.573 e. The number of anilines is 1. The number of amides is 1. The fourth-order valence-electron chi connectivity index (χ4n) is 2.29. The zero-order valence-electron chi connectivity index (χ0n) is 13.7. The van der Waals surface area contributed by atoms with E-state index >= 15 is 0 Å². The van der Waals surface area contributed by atoms with Crippen LogP contribution in [0.5, 0.6) is 5.75 Å². The molecule has 136 valence electrons. The highest BCUT2D eigenvalue weighted by Crippen LogP contribution is 2.26. The molecule has 0 radical (unpaired) electrons. The highest BCUT2D eigenvalue weighted by molar-refractivity contribution is 6.31. The van der Waals surface area contributed by atoms with Crippen LogP contribution in [0.25, 0.3) is 0 Å². The predicted molar refractivity (Wildman–Crippen MR) is 90.8 cm³/mol. The van der Waals surface area contributed by atoms with Crippen LogP contribution >= 0.6 is 11.6 Å². The van der Waals surface area contributed by atoms with Gasteiger partial charge in [0.2, 0.25) is 5.91 Å². The third kappa shape index (κ3) is 5.39. The van der Waals surface area contributed by atoms with Crippen molar-refractivity contribution in [2.45, 2.75) is 26.3 Å². The number of hydrogen-bond acceptors (Lipinski definition) is 3. The van der Waals surface area contributed by atoms with Gasteiger partial charge in [-0.05, 0) is 35.9 Å². The lowest BCUT2D eigenvalue weighted by atomic mass is 10.1. The molecule has 0 saturated heterocycles. The molecule has 0 saturated carbocycles. The lowest BCUT2D eigenvalue weighted by Crippen LogP contribution is -2.29. The van der Waals surface area contributed by atoms with Crippen LogP contribution in [0.15, 0.2) is 42.5 Å². The van der Waals surface area contributed by atoms with Crippen molar-refractivity contribution >= 4 is 23.2 Å². The number of halogens is 4. The fourth-order valence-corrected chi connectivity index (χ4v) is 2.52. The molecule has 0 N–H and O–H groups in total. The molecule has 0 fully saturated rings. The number of benzene rings is 2. The smallest absolute Gasteiger partial charge is 0.406 e. The number of carbonyl (C=O) groups is 1. The molecule has 0 aromatic heterocycles. The number of ether oxygens (including phenoxy) is 1. The van der Waals surface area contributed by atoms with Gasteiger partial charge in [-0.15, -0.1) is 13.2 Å². The maximum atomic E-state index is 12.3. The van der Waals surface area contributed by atoms with E-state index in [0.29, 0.717) is 21.8 Å². The van der Waals surface area contributed by atoms with Crippen LogP contribution in [0.1, 0.15) is 24.5 Å². The van der Waals surface area contributed by atoms with Crippen LogP contribution in [0.4, 0.5) is 18.9 Å². The van der Waals surface area contributed by atoms with E-state index in [-0.39, 0.29) is 24.6 Å². The van der Waals surface area contributed by atoms with Crippen molar-refractivity contribution < 1.29 is 22.7 Å². The Bertz CT molecular complexity index is 830. The largest absolute Gasteiger partial charge is 0.573 e. The molecule has 2 aromatic carbocycles. The molecule has 1 amide bonds. The van der Waals surface area contributed by atoms with Crippen LogP contribution in [0.2, 0.25) is 5.02 Å². The van der Waals surface area contributed by atoms with Crippen molar-refractivity contribution in [2.75, 3.05) is 4.90 Å². The summed E-state index contributed by atoms with van der Waals surface area (Å²) in [5.74, 6) is -0.559. The molecular formula is C18H14ClF3N2O2. The average molecular weight is 383 g/mol. The summed E-state index contributed by atoms with van der Waals surface area (Å²) in [6, 6.07) is 11.8. The highest BCUT2D eigenvalue weighted by Gasteiger charge is 2.31. The summed E-state index contributed by atoms with van der Waals surface area (Å²) in [6.07, 6.45) is -4.55. The van der Waals surface area contributed by atoms with E-state index in [1.54, 1.807) is 13.0 Å². The van der Waals surface area contributed by atoms with Gasteiger partial charge in [0.05, 0.1) is 18.2 Å². The quantitative estimate of drug-likeness (QED) is 0.726. The number of alkyl halides is 3. The zero-order valence-corrected chi connectivity index (χ0v) is 14.4. The second kappa shape index (κ2) is 8.11. The minimum Gasteiger partial charge on any atom is -0.406 e. The summed E-state index contributed by atoms with van der Waals surface area (Å²) in [5.41, 5.74) is 1.34. The Hall–Kier alpha value is -2.72. The average Bonchev–Trinajstić information content (AvgIpc) is 2.58. The van der Waals surface area contributed by atoms with Crippen molar-refractivity contribution in [1.29, 1.82) is 5.26 Å². The van der Waals surface area contributed by atoms with Gasteiger partial charge in [0, 0.05) is 17.1 Å². The number of nitriles is 1. The monoisotopic (exact) mass is 382 g/mol. The first-order valence-corrected chi connectivity index (χ1v) is 7.95. The number of rotatable bonds is 5. The van der Waals surface area contributed by atoms with E-state index in [2.05, 4.69) is 4.74 Å². The van der Waals surface area contributed by atoms with Crippen molar-refractivity contribution in [3.05, 3.63) is 58.6 Å². The number of nitrogens with zero attached hydrogens (tertiary/aromatic N) is 2. The number of carbonyl (C=O) groups excluding carboxylic acids is 1. The molecule has 0 aliphatic rings. The molecular weight excluding hydrogens is 369 g/mol. The van der Waals surface area contributed by atoms with E-state index in [4.69, 9.17) is 16.9 Å². The molecule has 0 bridgehead atoms. The third-order valence-corrected chi connectivity index (χ3v) is 3.64. The van der Waals surface area contributed by atoms with Gasteiger partial charge in [-0.1, -0.05) is 30.7 Å².